The molecule has 0 saturated carbocycles. The lowest BCUT2D eigenvalue weighted by Gasteiger charge is -2.28. The Morgan fingerprint density at radius 1 is 1.06 bits per heavy atom. The molecular weight excluding hydrogens is 412 g/mol. The van der Waals surface area contributed by atoms with E-state index in [1.54, 1.807) is 24.1 Å². The van der Waals surface area contributed by atoms with Crippen molar-refractivity contribution >= 4 is 23.4 Å². The third-order valence-electron chi connectivity index (χ3n) is 5.51. The number of methoxy groups -OCH3 is 1. The number of nitrogens with zero attached hydrogens (tertiary/aromatic N) is 1. The van der Waals surface area contributed by atoms with Gasteiger partial charge in [-0.2, -0.15) is 0 Å². The lowest BCUT2D eigenvalue weighted by molar-refractivity contribution is -0.122. The molecule has 4 rings (SSSR count). The molecule has 0 saturated heterocycles. The second-order valence-corrected chi connectivity index (χ2v) is 7.92. The summed E-state index contributed by atoms with van der Waals surface area (Å²) in [5, 5.41) is 3.61. The van der Waals surface area contributed by atoms with Crippen molar-refractivity contribution in [2.45, 2.75) is 25.6 Å². The van der Waals surface area contributed by atoms with Crippen LogP contribution in [-0.2, 0) is 17.9 Å². The Balaban J connectivity index is 1.53. The maximum Gasteiger partial charge on any atom is 0.255 e. The number of carbonyl (C=O) groups excluding carboxylic acids is 2. The molecule has 0 radical (unpaired) electrons. The van der Waals surface area contributed by atoms with Crippen LogP contribution in [0.15, 0.2) is 72.8 Å². The molecule has 0 aliphatic carbocycles. The Morgan fingerprint density at radius 3 is 2.45 bits per heavy atom. The number of carbonyl (C=O) groups is 2. The molecule has 0 fully saturated rings. The molecule has 0 spiro atoms. The second-order valence-electron chi connectivity index (χ2n) is 7.49. The first kappa shape index (κ1) is 20.9. The van der Waals surface area contributed by atoms with Gasteiger partial charge in [0.15, 0.2) is 0 Å². The highest BCUT2D eigenvalue weighted by Gasteiger charge is 2.34. The van der Waals surface area contributed by atoms with Gasteiger partial charge in [0, 0.05) is 23.7 Å². The van der Waals surface area contributed by atoms with Gasteiger partial charge in [-0.3, -0.25) is 9.59 Å². The van der Waals surface area contributed by atoms with E-state index < -0.39 is 0 Å². The van der Waals surface area contributed by atoms with Gasteiger partial charge in [-0.05, 0) is 47.0 Å². The summed E-state index contributed by atoms with van der Waals surface area (Å²) in [6.45, 7) is 0.885. The standard InChI is InChI=1S/C25H23ClN2O3/c1-31-21-12-8-18(9-13-21)23(28-16-19-4-2-3-5-22(19)25(28)30)14-24(29)27-15-17-6-10-20(26)11-7-17/h2-13,23H,14-16H2,1H3,(H,27,29)/t23-/m0/s1. The molecule has 1 aliphatic rings. The molecule has 158 valence electrons. The Morgan fingerprint density at radius 2 is 1.77 bits per heavy atom. The number of ether oxygens (including phenoxy) is 1. The molecule has 1 aliphatic heterocycles. The van der Waals surface area contributed by atoms with Gasteiger partial charge in [0.25, 0.3) is 5.91 Å². The van der Waals surface area contributed by atoms with Gasteiger partial charge < -0.3 is 15.0 Å². The van der Waals surface area contributed by atoms with Crippen LogP contribution < -0.4 is 10.1 Å². The van der Waals surface area contributed by atoms with Crippen molar-refractivity contribution in [1.29, 1.82) is 0 Å². The molecule has 5 nitrogen and oxygen atoms in total. The maximum atomic E-state index is 13.1. The minimum Gasteiger partial charge on any atom is -0.497 e. The van der Waals surface area contributed by atoms with Crippen LogP contribution in [0.2, 0.25) is 5.02 Å². The fraction of sp³-hybridized carbons (Fsp3) is 0.200. The van der Waals surface area contributed by atoms with Crippen LogP contribution in [0.5, 0.6) is 5.75 Å². The van der Waals surface area contributed by atoms with Gasteiger partial charge in [-0.15, -0.1) is 0 Å². The van der Waals surface area contributed by atoms with Crippen molar-refractivity contribution < 1.29 is 14.3 Å². The van der Waals surface area contributed by atoms with E-state index in [1.165, 1.54) is 0 Å². The summed E-state index contributed by atoms with van der Waals surface area (Å²) in [5.41, 5.74) is 3.53. The number of rotatable bonds is 7. The average Bonchev–Trinajstić information content (AvgIpc) is 3.13. The summed E-state index contributed by atoms with van der Waals surface area (Å²) >= 11 is 5.92. The minimum atomic E-state index is -0.379. The summed E-state index contributed by atoms with van der Waals surface area (Å²) in [6, 6.07) is 22.1. The predicted molar refractivity (Wildman–Crippen MR) is 120 cm³/mol. The first-order chi connectivity index (χ1) is 15.0. The zero-order valence-electron chi connectivity index (χ0n) is 17.2. The van der Waals surface area contributed by atoms with E-state index in [9.17, 15) is 9.59 Å². The molecule has 0 unspecified atom stereocenters. The summed E-state index contributed by atoms with van der Waals surface area (Å²) in [5.74, 6) is 0.548. The lowest BCUT2D eigenvalue weighted by atomic mass is 10.0. The highest BCUT2D eigenvalue weighted by molar-refractivity contribution is 6.30. The molecule has 1 heterocycles. The molecule has 0 aromatic heterocycles. The van der Waals surface area contributed by atoms with Gasteiger partial charge in [0.1, 0.15) is 5.75 Å². The molecule has 31 heavy (non-hydrogen) atoms. The van der Waals surface area contributed by atoms with Crippen LogP contribution in [0.25, 0.3) is 0 Å². The van der Waals surface area contributed by atoms with E-state index in [4.69, 9.17) is 16.3 Å². The number of halogens is 1. The monoisotopic (exact) mass is 434 g/mol. The molecule has 1 atom stereocenters. The van der Waals surface area contributed by atoms with E-state index in [0.717, 1.165) is 22.4 Å². The van der Waals surface area contributed by atoms with Gasteiger partial charge in [-0.1, -0.05) is 54.1 Å². The average molecular weight is 435 g/mol. The Kier molecular flexibility index (Phi) is 6.23. The van der Waals surface area contributed by atoms with Gasteiger partial charge >= 0.3 is 0 Å². The first-order valence-electron chi connectivity index (χ1n) is 10.1. The highest BCUT2D eigenvalue weighted by Crippen LogP contribution is 2.34. The van der Waals surface area contributed by atoms with Crippen LogP contribution in [-0.4, -0.2) is 23.8 Å². The molecule has 0 bridgehead atoms. The lowest BCUT2D eigenvalue weighted by Crippen LogP contribution is -2.34. The smallest absolute Gasteiger partial charge is 0.255 e. The summed E-state index contributed by atoms with van der Waals surface area (Å²) in [4.78, 5) is 27.7. The number of hydrogen-bond acceptors (Lipinski definition) is 3. The van der Waals surface area contributed by atoms with Crippen molar-refractivity contribution in [2.75, 3.05) is 7.11 Å². The zero-order valence-corrected chi connectivity index (χ0v) is 17.9. The van der Waals surface area contributed by atoms with E-state index in [-0.39, 0.29) is 24.3 Å². The van der Waals surface area contributed by atoms with Crippen LogP contribution in [0, 0.1) is 0 Å². The van der Waals surface area contributed by atoms with Crippen LogP contribution >= 0.6 is 11.6 Å². The predicted octanol–water partition coefficient (Wildman–Crippen LogP) is 4.75. The van der Waals surface area contributed by atoms with Crippen molar-refractivity contribution in [3.05, 3.63) is 100 Å². The molecular formula is C25H23ClN2O3. The van der Waals surface area contributed by atoms with Crippen LogP contribution in [0.4, 0.5) is 0 Å². The maximum absolute atomic E-state index is 13.1. The van der Waals surface area contributed by atoms with E-state index >= 15 is 0 Å². The number of amides is 2. The van der Waals surface area contributed by atoms with Gasteiger partial charge in [-0.25, -0.2) is 0 Å². The van der Waals surface area contributed by atoms with Crippen LogP contribution in [0.1, 0.15) is 39.5 Å². The van der Waals surface area contributed by atoms with Crippen LogP contribution in [0.3, 0.4) is 0 Å². The highest BCUT2D eigenvalue weighted by atomic mass is 35.5. The molecule has 2 amide bonds. The van der Waals surface area contributed by atoms with Crippen molar-refractivity contribution in [1.82, 2.24) is 10.2 Å². The normalized spacial score (nSPS) is 13.6. The third-order valence-corrected chi connectivity index (χ3v) is 5.76. The first-order valence-corrected chi connectivity index (χ1v) is 10.5. The summed E-state index contributed by atoms with van der Waals surface area (Å²) in [6.07, 6.45) is 0.166. The molecule has 6 heteroatoms. The number of fused-ring (bicyclic) bond motifs is 1. The molecule has 3 aromatic rings. The van der Waals surface area contributed by atoms with Crippen molar-refractivity contribution in [2.24, 2.45) is 0 Å². The Labute approximate surface area is 186 Å². The topological polar surface area (TPSA) is 58.6 Å². The largest absolute Gasteiger partial charge is 0.497 e. The van der Waals surface area contributed by atoms with Gasteiger partial charge in [0.05, 0.1) is 19.6 Å². The van der Waals surface area contributed by atoms with Gasteiger partial charge in [0.2, 0.25) is 5.91 Å². The fourth-order valence-electron chi connectivity index (χ4n) is 3.81. The van der Waals surface area contributed by atoms with Crippen molar-refractivity contribution in [3.63, 3.8) is 0 Å². The Bertz CT molecular complexity index is 1080. The number of benzene rings is 3. The van der Waals surface area contributed by atoms with Crippen molar-refractivity contribution in [3.8, 4) is 5.75 Å². The quantitative estimate of drug-likeness (QED) is 0.583. The third kappa shape index (κ3) is 4.72. The summed E-state index contributed by atoms with van der Waals surface area (Å²) < 4.78 is 5.25. The Hall–Kier alpha value is -3.31. The molecule has 3 aromatic carbocycles. The second kappa shape index (κ2) is 9.23. The fourth-order valence-corrected chi connectivity index (χ4v) is 3.94. The summed E-state index contributed by atoms with van der Waals surface area (Å²) in [7, 11) is 1.61. The minimum absolute atomic E-state index is 0.0538. The number of hydrogen-bond donors (Lipinski definition) is 1. The SMILES string of the molecule is COc1ccc([C@H](CC(=O)NCc2ccc(Cl)cc2)N2Cc3ccccc3C2=O)cc1. The number of nitrogens with one attached hydrogen (secondary N) is 1. The van der Waals surface area contributed by atoms with E-state index in [0.29, 0.717) is 23.7 Å². The molecule has 1 N–H and O–H groups in total. The van der Waals surface area contributed by atoms with E-state index in [2.05, 4.69) is 5.32 Å². The zero-order chi connectivity index (χ0) is 21.8. The van der Waals surface area contributed by atoms with E-state index in [1.807, 2.05) is 60.7 Å².